The fourth-order valence-corrected chi connectivity index (χ4v) is 4.15. The van der Waals surface area contributed by atoms with Gasteiger partial charge in [-0.3, -0.25) is 9.59 Å². The number of nitrogens with zero attached hydrogens (tertiary/aromatic N) is 2. The molecule has 0 aliphatic carbocycles. The van der Waals surface area contributed by atoms with E-state index >= 15 is 0 Å². The van der Waals surface area contributed by atoms with Crippen molar-refractivity contribution in [3.8, 4) is 0 Å². The van der Waals surface area contributed by atoms with Crippen molar-refractivity contribution in [1.29, 1.82) is 0 Å². The van der Waals surface area contributed by atoms with Crippen LogP contribution >= 0.6 is 0 Å². The first-order chi connectivity index (χ1) is 14.2. The third-order valence-corrected chi connectivity index (χ3v) is 5.86. The number of ether oxygens (including phenoxy) is 1. The second-order valence-corrected chi connectivity index (χ2v) is 7.76. The summed E-state index contributed by atoms with van der Waals surface area (Å²) in [4.78, 5) is 29.4. The lowest BCUT2D eigenvalue weighted by atomic mass is 9.99. The summed E-state index contributed by atoms with van der Waals surface area (Å²) in [5.41, 5.74) is 3.14. The number of hydrogen-bond donors (Lipinski definition) is 0. The minimum absolute atomic E-state index is 0.0675. The van der Waals surface area contributed by atoms with Crippen molar-refractivity contribution >= 4 is 11.8 Å². The second-order valence-electron chi connectivity index (χ2n) is 7.76. The van der Waals surface area contributed by atoms with Crippen molar-refractivity contribution < 1.29 is 14.3 Å². The molecule has 2 aliphatic heterocycles. The Morgan fingerprint density at radius 3 is 2.28 bits per heavy atom. The Kier molecular flexibility index (Phi) is 6.25. The maximum absolute atomic E-state index is 13.2. The fourth-order valence-electron chi connectivity index (χ4n) is 4.15. The maximum atomic E-state index is 13.2. The van der Waals surface area contributed by atoms with Crippen LogP contribution in [-0.2, 0) is 22.4 Å². The van der Waals surface area contributed by atoms with E-state index in [9.17, 15) is 9.59 Å². The summed E-state index contributed by atoms with van der Waals surface area (Å²) in [6, 6.07) is 18.2. The van der Waals surface area contributed by atoms with Gasteiger partial charge in [0, 0.05) is 38.3 Å². The number of amides is 2. The Labute approximate surface area is 172 Å². The number of hydrogen-bond acceptors (Lipinski definition) is 3. The summed E-state index contributed by atoms with van der Waals surface area (Å²) < 4.78 is 5.52. The van der Waals surface area contributed by atoms with Crippen molar-refractivity contribution in [2.45, 2.75) is 31.8 Å². The van der Waals surface area contributed by atoms with Crippen LogP contribution in [0.3, 0.4) is 0 Å². The standard InChI is InChI=1S/C24H28N2O3/c27-23(25-14-16-26(17-15-25)24(28)22-11-6-18-29-22)21-10-5-4-9-20(21)13-12-19-7-2-1-3-8-19/h1-5,7-10,22H,6,11-18H2. The summed E-state index contributed by atoms with van der Waals surface area (Å²) in [5, 5.41) is 0. The third-order valence-electron chi connectivity index (χ3n) is 5.86. The summed E-state index contributed by atoms with van der Waals surface area (Å²) in [6.45, 7) is 2.98. The van der Waals surface area contributed by atoms with E-state index in [2.05, 4.69) is 12.1 Å². The number of benzene rings is 2. The van der Waals surface area contributed by atoms with Gasteiger partial charge in [-0.25, -0.2) is 0 Å². The zero-order valence-corrected chi connectivity index (χ0v) is 16.8. The van der Waals surface area contributed by atoms with Crippen LogP contribution in [0.5, 0.6) is 0 Å². The molecule has 29 heavy (non-hydrogen) atoms. The average molecular weight is 392 g/mol. The van der Waals surface area contributed by atoms with Gasteiger partial charge >= 0.3 is 0 Å². The van der Waals surface area contributed by atoms with Crippen LogP contribution in [0.2, 0.25) is 0 Å². The van der Waals surface area contributed by atoms with Crippen LogP contribution in [0.1, 0.15) is 34.3 Å². The van der Waals surface area contributed by atoms with Gasteiger partial charge in [0.15, 0.2) is 0 Å². The first-order valence-electron chi connectivity index (χ1n) is 10.5. The van der Waals surface area contributed by atoms with Gasteiger partial charge in [0.25, 0.3) is 11.8 Å². The molecule has 0 radical (unpaired) electrons. The summed E-state index contributed by atoms with van der Waals surface area (Å²) >= 11 is 0. The van der Waals surface area contributed by atoms with E-state index in [0.717, 1.165) is 36.8 Å². The molecular weight excluding hydrogens is 364 g/mol. The molecule has 0 bridgehead atoms. The van der Waals surface area contributed by atoms with Crippen molar-refractivity contribution in [3.63, 3.8) is 0 Å². The smallest absolute Gasteiger partial charge is 0.254 e. The van der Waals surface area contributed by atoms with E-state index in [1.54, 1.807) is 0 Å². The molecule has 0 spiro atoms. The molecule has 2 aromatic carbocycles. The molecule has 4 rings (SSSR count). The molecule has 0 N–H and O–H groups in total. The van der Waals surface area contributed by atoms with Crippen LogP contribution in [0, 0.1) is 0 Å². The molecule has 2 aromatic rings. The second kappa shape index (κ2) is 9.23. The van der Waals surface area contributed by atoms with Crippen LogP contribution < -0.4 is 0 Å². The number of carbonyl (C=O) groups is 2. The molecule has 2 aliphatic rings. The Morgan fingerprint density at radius 2 is 1.55 bits per heavy atom. The highest BCUT2D eigenvalue weighted by molar-refractivity contribution is 5.96. The fraction of sp³-hybridized carbons (Fsp3) is 0.417. The largest absolute Gasteiger partial charge is 0.368 e. The molecule has 152 valence electrons. The lowest BCUT2D eigenvalue weighted by Gasteiger charge is -2.36. The van der Waals surface area contributed by atoms with Crippen LogP contribution in [-0.4, -0.2) is 60.5 Å². The van der Waals surface area contributed by atoms with E-state index in [4.69, 9.17) is 4.74 Å². The van der Waals surface area contributed by atoms with E-state index in [1.807, 2.05) is 52.3 Å². The predicted octanol–water partition coefficient (Wildman–Crippen LogP) is 2.94. The van der Waals surface area contributed by atoms with Crippen LogP contribution in [0.25, 0.3) is 0 Å². The van der Waals surface area contributed by atoms with E-state index in [0.29, 0.717) is 32.8 Å². The number of aryl methyl sites for hydroxylation is 2. The number of rotatable bonds is 5. The maximum Gasteiger partial charge on any atom is 0.254 e. The Bertz CT molecular complexity index is 838. The normalized spacial score (nSPS) is 19.4. The zero-order chi connectivity index (χ0) is 20.1. The van der Waals surface area contributed by atoms with Gasteiger partial charge < -0.3 is 14.5 Å². The van der Waals surface area contributed by atoms with Gasteiger partial charge in [-0.2, -0.15) is 0 Å². The highest BCUT2D eigenvalue weighted by atomic mass is 16.5. The van der Waals surface area contributed by atoms with Gasteiger partial charge in [0.05, 0.1) is 0 Å². The van der Waals surface area contributed by atoms with Crippen LogP contribution in [0.4, 0.5) is 0 Å². The minimum Gasteiger partial charge on any atom is -0.368 e. The highest BCUT2D eigenvalue weighted by Crippen LogP contribution is 2.19. The molecule has 5 nitrogen and oxygen atoms in total. The summed E-state index contributed by atoms with van der Waals surface area (Å²) in [5.74, 6) is 0.149. The van der Waals surface area contributed by atoms with Gasteiger partial charge in [0.1, 0.15) is 6.10 Å². The Morgan fingerprint density at radius 1 is 0.862 bits per heavy atom. The molecule has 2 saturated heterocycles. The van der Waals surface area contributed by atoms with E-state index in [-0.39, 0.29) is 17.9 Å². The SMILES string of the molecule is O=C(c1ccccc1CCc1ccccc1)N1CCN(C(=O)C2CCCO2)CC1. The van der Waals surface area contributed by atoms with Crippen LogP contribution in [0.15, 0.2) is 54.6 Å². The molecule has 2 heterocycles. The van der Waals surface area contributed by atoms with Gasteiger partial charge in [0.2, 0.25) is 0 Å². The molecule has 1 atom stereocenters. The topological polar surface area (TPSA) is 49.9 Å². The predicted molar refractivity (Wildman–Crippen MR) is 112 cm³/mol. The van der Waals surface area contributed by atoms with Gasteiger partial charge in [-0.15, -0.1) is 0 Å². The molecule has 5 heteroatoms. The van der Waals surface area contributed by atoms with Crippen molar-refractivity contribution in [3.05, 3.63) is 71.3 Å². The summed E-state index contributed by atoms with van der Waals surface area (Å²) in [7, 11) is 0. The molecular formula is C24H28N2O3. The molecule has 1 unspecified atom stereocenters. The Balaban J connectivity index is 1.37. The zero-order valence-electron chi connectivity index (χ0n) is 16.8. The van der Waals surface area contributed by atoms with Crippen molar-refractivity contribution in [1.82, 2.24) is 9.80 Å². The van der Waals surface area contributed by atoms with E-state index in [1.165, 1.54) is 5.56 Å². The van der Waals surface area contributed by atoms with Crippen molar-refractivity contribution in [2.24, 2.45) is 0 Å². The lowest BCUT2D eigenvalue weighted by Crippen LogP contribution is -2.52. The first-order valence-corrected chi connectivity index (χ1v) is 10.5. The van der Waals surface area contributed by atoms with Crippen molar-refractivity contribution in [2.75, 3.05) is 32.8 Å². The van der Waals surface area contributed by atoms with E-state index < -0.39 is 0 Å². The molecule has 0 aromatic heterocycles. The molecule has 0 saturated carbocycles. The highest BCUT2D eigenvalue weighted by Gasteiger charge is 2.31. The number of piperazine rings is 1. The lowest BCUT2D eigenvalue weighted by molar-refractivity contribution is -0.142. The van der Waals surface area contributed by atoms with Gasteiger partial charge in [-0.1, -0.05) is 48.5 Å². The third kappa shape index (κ3) is 4.67. The number of carbonyl (C=O) groups excluding carboxylic acids is 2. The monoisotopic (exact) mass is 392 g/mol. The summed E-state index contributed by atoms with van der Waals surface area (Å²) in [6.07, 6.45) is 3.23. The van der Waals surface area contributed by atoms with Gasteiger partial charge in [-0.05, 0) is 42.9 Å². The first kappa shape index (κ1) is 19.6. The average Bonchev–Trinajstić information content (AvgIpc) is 3.33. The quantitative estimate of drug-likeness (QED) is 0.786. The molecule has 2 amide bonds. The molecule has 2 fully saturated rings. The minimum atomic E-state index is -0.282. The Hall–Kier alpha value is -2.66.